The normalized spacial score (nSPS) is 48.0. The van der Waals surface area contributed by atoms with Crippen molar-refractivity contribution in [2.45, 2.75) is 46.1 Å². The highest BCUT2D eigenvalue weighted by atomic mass is 16.7. The summed E-state index contributed by atoms with van der Waals surface area (Å²) in [7, 11) is 0. The first-order valence-electron chi connectivity index (χ1n) is 11.6. The van der Waals surface area contributed by atoms with Crippen molar-refractivity contribution in [2.24, 2.45) is 59.2 Å². The predicted octanol–water partition coefficient (Wildman–Crippen LogP) is 2.42. The second kappa shape index (κ2) is 7.50. The molecule has 1 heterocycles. The van der Waals surface area contributed by atoms with Crippen LogP contribution in [0.25, 0.3) is 0 Å². The molecule has 0 N–H and O–H groups in total. The van der Waals surface area contributed by atoms with Crippen molar-refractivity contribution in [3.8, 4) is 0 Å². The number of esters is 3. The molecular weight excluding hydrogens is 388 g/mol. The lowest BCUT2D eigenvalue weighted by Gasteiger charge is -2.45. The highest BCUT2D eigenvalue weighted by Gasteiger charge is 2.71. The topological polar surface area (TPSA) is 88.1 Å². The molecule has 11 unspecified atom stereocenters. The van der Waals surface area contributed by atoms with E-state index in [1.165, 1.54) is 6.42 Å². The molecule has 4 saturated carbocycles. The Morgan fingerprint density at radius 1 is 0.967 bits per heavy atom. The van der Waals surface area contributed by atoms with Gasteiger partial charge in [-0.2, -0.15) is 0 Å². The average molecular weight is 421 g/mol. The lowest BCUT2D eigenvalue weighted by atomic mass is 9.59. The van der Waals surface area contributed by atoms with E-state index in [1.54, 1.807) is 0 Å². The van der Waals surface area contributed by atoms with Crippen molar-refractivity contribution in [1.82, 2.24) is 0 Å². The molecule has 5 aliphatic rings. The smallest absolute Gasteiger partial charge is 0.347 e. The summed E-state index contributed by atoms with van der Waals surface area (Å²) in [6.07, 6.45) is 1.63. The molecule has 30 heavy (non-hydrogen) atoms. The van der Waals surface area contributed by atoms with Crippen molar-refractivity contribution in [1.29, 1.82) is 0 Å². The van der Waals surface area contributed by atoms with Crippen molar-refractivity contribution in [3.05, 3.63) is 0 Å². The van der Waals surface area contributed by atoms with E-state index in [2.05, 4.69) is 13.8 Å². The Bertz CT molecular complexity index is 735. The zero-order valence-electron chi connectivity index (χ0n) is 18.0. The maximum atomic E-state index is 13.3. The number of carbonyl (C=O) groups excluding carboxylic acids is 3. The monoisotopic (exact) mass is 420 g/mol. The second-order valence-corrected chi connectivity index (χ2v) is 10.0. The Morgan fingerprint density at radius 2 is 1.57 bits per heavy atom. The molecule has 5 rings (SSSR count). The van der Waals surface area contributed by atoms with Crippen LogP contribution < -0.4 is 0 Å². The molecule has 11 atom stereocenters. The molecule has 0 aromatic rings. The van der Waals surface area contributed by atoms with Crippen LogP contribution in [-0.2, 0) is 33.3 Å². The van der Waals surface area contributed by atoms with Gasteiger partial charge in [0.25, 0.3) is 0 Å². The van der Waals surface area contributed by atoms with E-state index in [0.29, 0.717) is 48.5 Å². The van der Waals surface area contributed by atoms with Crippen LogP contribution in [0.3, 0.4) is 0 Å². The average Bonchev–Trinajstić information content (AvgIpc) is 3.50. The Labute approximate surface area is 177 Å². The minimum atomic E-state index is -0.841. The van der Waals surface area contributed by atoms with E-state index in [-0.39, 0.29) is 31.2 Å². The molecule has 166 valence electrons. The quantitative estimate of drug-likeness (QED) is 0.214. The Kier molecular flexibility index (Phi) is 5.07. The number of fused-ring (bicyclic) bond motifs is 9. The number of carbonyl (C=O) groups is 3. The van der Waals surface area contributed by atoms with Crippen molar-refractivity contribution < 1.29 is 33.3 Å². The van der Waals surface area contributed by atoms with Gasteiger partial charge in [0, 0.05) is 13.0 Å². The molecule has 0 amide bonds. The Balaban J connectivity index is 1.40. The van der Waals surface area contributed by atoms with E-state index < -0.39 is 29.9 Å². The molecule has 1 saturated heterocycles. The zero-order chi connectivity index (χ0) is 21.2. The Morgan fingerprint density at radius 3 is 2.13 bits per heavy atom. The molecular formula is C23H32O7. The highest BCUT2D eigenvalue weighted by Crippen LogP contribution is 2.72. The van der Waals surface area contributed by atoms with E-state index in [1.807, 2.05) is 6.92 Å². The number of hydrogen-bond donors (Lipinski definition) is 0. The van der Waals surface area contributed by atoms with Gasteiger partial charge >= 0.3 is 17.9 Å². The summed E-state index contributed by atoms with van der Waals surface area (Å²) in [5, 5.41) is 0. The van der Waals surface area contributed by atoms with E-state index in [9.17, 15) is 14.4 Å². The highest BCUT2D eigenvalue weighted by molar-refractivity contribution is 5.86. The minimum absolute atomic E-state index is 0.0898. The first-order valence-corrected chi connectivity index (χ1v) is 11.6. The first kappa shape index (κ1) is 20.3. The van der Waals surface area contributed by atoms with Crippen LogP contribution in [0.2, 0.25) is 0 Å². The molecule has 1 aliphatic heterocycles. The maximum absolute atomic E-state index is 13.3. The molecule has 7 nitrogen and oxygen atoms in total. The third-order valence-corrected chi connectivity index (χ3v) is 9.18. The van der Waals surface area contributed by atoms with Crippen LogP contribution >= 0.6 is 0 Å². The first-order chi connectivity index (χ1) is 14.4. The zero-order valence-corrected chi connectivity index (χ0v) is 18.0. The van der Waals surface area contributed by atoms with Crippen LogP contribution in [0.1, 0.15) is 40.0 Å². The summed E-state index contributed by atoms with van der Waals surface area (Å²) in [5.74, 6) is 1.56. The molecule has 0 aromatic heterocycles. The van der Waals surface area contributed by atoms with E-state index in [4.69, 9.17) is 18.9 Å². The van der Waals surface area contributed by atoms with Crippen LogP contribution in [0.15, 0.2) is 0 Å². The van der Waals surface area contributed by atoms with Crippen molar-refractivity contribution in [2.75, 3.05) is 20.0 Å². The second-order valence-electron chi connectivity index (χ2n) is 10.0. The number of ether oxygens (including phenoxy) is 4. The van der Waals surface area contributed by atoms with E-state index >= 15 is 0 Å². The number of hydrogen-bond acceptors (Lipinski definition) is 7. The van der Waals surface area contributed by atoms with Crippen LogP contribution in [0.4, 0.5) is 0 Å². The Hall–Kier alpha value is -1.63. The van der Waals surface area contributed by atoms with Gasteiger partial charge in [-0.15, -0.1) is 0 Å². The van der Waals surface area contributed by atoms with Crippen molar-refractivity contribution >= 4 is 17.9 Å². The fourth-order valence-corrected chi connectivity index (χ4v) is 7.97. The third-order valence-electron chi connectivity index (χ3n) is 9.18. The summed E-state index contributed by atoms with van der Waals surface area (Å²) in [5.41, 5.74) is 0. The summed E-state index contributed by atoms with van der Waals surface area (Å²) in [6, 6.07) is 0. The molecule has 4 bridgehead atoms. The molecule has 5 fully saturated rings. The standard InChI is InChI=1S/C23H32O7/c1-4-27-9-29-22(25)19-14-8-15(18-13-7-12(17(14)18)10(2)11(13)3)20(19)23(26)30-16-5-6-28-21(16)24/h10-20H,4-9H2,1-3H3. The summed E-state index contributed by atoms with van der Waals surface area (Å²) < 4.78 is 21.1. The molecule has 4 aliphatic carbocycles. The SMILES string of the molecule is CCOCOC(=O)C1C2CC(C1C(=O)OC1CCOC1=O)C1C3CC(C(C)C3C)C21. The van der Waals surface area contributed by atoms with Gasteiger partial charge in [-0.1, -0.05) is 13.8 Å². The molecule has 0 aromatic carbocycles. The largest absolute Gasteiger partial charge is 0.463 e. The van der Waals surface area contributed by atoms with Gasteiger partial charge in [-0.05, 0) is 67.1 Å². The van der Waals surface area contributed by atoms with Gasteiger partial charge in [0.05, 0.1) is 18.4 Å². The molecule has 7 heteroatoms. The summed E-state index contributed by atoms with van der Waals surface area (Å²) >= 11 is 0. The van der Waals surface area contributed by atoms with Gasteiger partial charge in [-0.3, -0.25) is 9.59 Å². The summed E-state index contributed by atoms with van der Waals surface area (Å²) in [4.78, 5) is 38.2. The number of cyclic esters (lactones) is 1. The van der Waals surface area contributed by atoms with Gasteiger partial charge in [0.1, 0.15) is 0 Å². The predicted molar refractivity (Wildman–Crippen MR) is 104 cm³/mol. The lowest BCUT2D eigenvalue weighted by molar-refractivity contribution is -0.178. The maximum Gasteiger partial charge on any atom is 0.347 e. The lowest BCUT2D eigenvalue weighted by Crippen LogP contribution is -2.48. The van der Waals surface area contributed by atoms with Gasteiger partial charge in [-0.25, -0.2) is 4.79 Å². The third kappa shape index (κ3) is 2.84. The summed E-state index contributed by atoms with van der Waals surface area (Å²) in [6.45, 7) is 7.17. The van der Waals surface area contributed by atoms with Gasteiger partial charge in [0.15, 0.2) is 6.79 Å². The van der Waals surface area contributed by atoms with Crippen LogP contribution in [-0.4, -0.2) is 44.0 Å². The molecule has 0 radical (unpaired) electrons. The van der Waals surface area contributed by atoms with Crippen LogP contribution in [0, 0.1) is 59.2 Å². The fourth-order valence-electron chi connectivity index (χ4n) is 7.97. The minimum Gasteiger partial charge on any atom is -0.463 e. The van der Waals surface area contributed by atoms with Gasteiger partial charge < -0.3 is 18.9 Å². The molecule has 0 spiro atoms. The van der Waals surface area contributed by atoms with Crippen molar-refractivity contribution in [3.63, 3.8) is 0 Å². The fraction of sp³-hybridized carbons (Fsp3) is 0.870. The van der Waals surface area contributed by atoms with E-state index in [0.717, 1.165) is 6.42 Å². The van der Waals surface area contributed by atoms with Gasteiger partial charge in [0.2, 0.25) is 6.10 Å². The number of rotatable bonds is 6. The van der Waals surface area contributed by atoms with Crippen LogP contribution in [0.5, 0.6) is 0 Å².